The fourth-order valence-corrected chi connectivity index (χ4v) is 2.27. The van der Waals surface area contributed by atoms with Gasteiger partial charge in [0.1, 0.15) is 12.4 Å². The van der Waals surface area contributed by atoms with Crippen molar-refractivity contribution in [1.29, 1.82) is 0 Å². The van der Waals surface area contributed by atoms with Crippen molar-refractivity contribution in [2.75, 3.05) is 0 Å². The summed E-state index contributed by atoms with van der Waals surface area (Å²) in [5, 5.41) is 10.1. The van der Waals surface area contributed by atoms with Gasteiger partial charge in [0.25, 0.3) is 0 Å². The van der Waals surface area contributed by atoms with Crippen molar-refractivity contribution in [3.8, 4) is 5.75 Å². The monoisotopic (exact) mass is 330 g/mol. The Morgan fingerprint density at radius 1 is 1.05 bits per heavy atom. The van der Waals surface area contributed by atoms with Crippen LogP contribution in [0, 0.1) is 0 Å². The van der Waals surface area contributed by atoms with Gasteiger partial charge in [-0.1, -0.05) is 34.8 Å². The summed E-state index contributed by atoms with van der Waals surface area (Å²) in [5.74, 6) is -0.526. The Kier molecular flexibility index (Phi) is 4.76. The summed E-state index contributed by atoms with van der Waals surface area (Å²) >= 11 is 17.8. The van der Waals surface area contributed by atoms with E-state index >= 15 is 0 Å². The van der Waals surface area contributed by atoms with Gasteiger partial charge in [0.05, 0.1) is 10.6 Å². The zero-order valence-corrected chi connectivity index (χ0v) is 12.3. The second-order valence-electron chi connectivity index (χ2n) is 3.94. The van der Waals surface area contributed by atoms with E-state index in [0.717, 1.165) is 0 Å². The minimum Gasteiger partial charge on any atom is -0.489 e. The van der Waals surface area contributed by atoms with Crippen LogP contribution >= 0.6 is 34.8 Å². The molecular formula is C14H9Cl3O3. The lowest BCUT2D eigenvalue weighted by molar-refractivity contribution is 0.0697. The zero-order valence-electron chi connectivity index (χ0n) is 10.1. The Morgan fingerprint density at radius 3 is 2.30 bits per heavy atom. The van der Waals surface area contributed by atoms with Gasteiger partial charge in [-0.25, -0.2) is 4.79 Å². The van der Waals surface area contributed by atoms with Crippen LogP contribution in [0.4, 0.5) is 0 Å². The fraction of sp³-hybridized carbons (Fsp3) is 0.0714. The molecule has 2 aromatic carbocycles. The van der Waals surface area contributed by atoms with E-state index in [1.807, 2.05) is 0 Å². The third kappa shape index (κ3) is 3.37. The maximum absolute atomic E-state index is 11.0. The number of carboxylic acid groups (broad SMARTS) is 1. The van der Waals surface area contributed by atoms with E-state index in [9.17, 15) is 4.79 Å². The van der Waals surface area contributed by atoms with Crippen LogP contribution < -0.4 is 4.74 Å². The molecule has 0 amide bonds. The Labute approximate surface area is 130 Å². The Morgan fingerprint density at radius 2 is 1.70 bits per heavy atom. The highest BCUT2D eigenvalue weighted by molar-refractivity contribution is 6.37. The number of carboxylic acids is 1. The van der Waals surface area contributed by atoms with E-state index in [4.69, 9.17) is 44.6 Å². The van der Waals surface area contributed by atoms with Crippen molar-refractivity contribution in [1.82, 2.24) is 0 Å². The van der Waals surface area contributed by atoms with E-state index in [1.165, 1.54) is 12.1 Å². The number of ether oxygens (including phenoxy) is 1. The lowest BCUT2D eigenvalue weighted by atomic mass is 10.1. The molecule has 2 rings (SSSR count). The summed E-state index contributed by atoms with van der Waals surface area (Å²) in [4.78, 5) is 11.0. The first kappa shape index (κ1) is 15.0. The number of aromatic carboxylic acids is 1. The minimum atomic E-state index is -1.11. The minimum absolute atomic E-state index is 0.00854. The first-order chi connectivity index (χ1) is 9.49. The van der Waals surface area contributed by atoms with Crippen LogP contribution in [-0.4, -0.2) is 11.1 Å². The van der Waals surface area contributed by atoms with Gasteiger partial charge < -0.3 is 9.84 Å². The molecule has 0 saturated heterocycles. The summed E-state index contributed by atoms with van der Waals surface area (Å²) in [7, 11) is 0. The standard InChI is InChI=1S/C14H9Cl3O3/c15-8-1-3-9(4-2-8)20-7-11-12(16)6-5-10(13(11)17)14(18)19/h1-6H,7H2,(H,18,19). The molecule has 104 valence electrons. The lowest BCUT2D eigenvalue weighted by Crippen LogP contribution is -2.03. The molecule has 0 spiro atoms. The molecule has 0 radical (unpaired) electrons. The average Bonchev–Trinajstić information content (AvgIpc) is 2.40. The molecule has 0 aromatic heterocycles. The van der Waals surface area contributed by atoms with Crippen molar-refractivity contribution in [2.45, 2.75) is 6.61 Å². The summed E-state index contributed by atoms with van der Waals surface area (Å²) in [6, 6.07) is 9.62. The van der Waals surface area contributed by atoms with E-state index in [-0.39, 0.29) is 17.2 Å². The first-order valence-electron chi connectivity index (χ1n) is 5.57. The molecule has 0 unspecified atom stereocenters. The molecule has 0 aliphatic heterocycles. The molecule has 0 heterocycles. The van der Waals surface area contributed by atoms with Gasteiger partial charge in [0.2, 0.25) is 0 Å². The number of benzene rings is 2. The normalized spacial score (nSPS) is 10.3. The second kappa shape index (κ2) is 6.35. The largest absolute Gasteiger partial charge is 0.489 e. The van der Waals surface area contributed by atoms with Gasteiger partial charge in [-0.2, -0.15) is 0 Å². The molecular weight excluding hydrogens is 323 g/mol. The molecule has 1 N–H and O–H groups in total. The molecule has 0 saturated carbocycles. The number of hydrogen-bond acceptors (Lipinski definition) is 2. The van der Waals surface area contributed by atoms with Crippen LogP contribution in [0.5, 0.6) is 5.75 Å². The SMILES string of the molecule is O=C(O)c1ccc(Cl)c(COc2ccc(Cl)cc2)c1Cl. The molecule has 0 bridgehead atoms. The average molecular weight is 332 g/mol. The van der Waals surface area contributed by atoms with Gasteiger partial charge in [0, 0.05) is 15.6 Å². The van der Waals surface area contributed by atoms with Gasteiger partial charge in [-0.15, -0.1) is 0 Å². The fourth-order valence-electron chi connectivity index (χ4n) is 1.58. The number of rotatable bonds is 4. The Hall–Kier alpha value is -1.42. The molecule has 3 nitrogen and oxygen atoms in total. The zero-order chi connectivity index (χ0) is 14.7. The summed E-state index contributed by atoms with van der Waals surface area (Å²) in [6.07, 6.45) is 0. The molecule has 0 aliphatic carbocycles. The van der Waals surface area contributed by atoms with E-state index in [0.29, 0.717) is 21.4 Å². The highest BCUT2D eigenvalue weighted by Crippen LogP contribution is 2.29. The third-order valence-electron chi connectivity index (χ3n) is 2.61. The van der Waals surface area contributed by atoms with Gasteiger partial charge >= 0.3 is 5.97 Å². The lowest BCUT2D eigenvalue weighted by Gasteiger charge is -2.11. The number of carbonyl (C=O) groups is 1. The van der Waals surface area contributed by atoms with Crippen LogP contribution in [0.25, 0.3) is 0 Å². The van der Waals surface area contributed by atoms with Gasteiger partial charge in [0.15, 0.2) is 0 Å². The highest BCUT2D eigenvalue weighted by Gasteiger charge is 2.15. The Bertz CT molecular complexity index is 639. The Balaban J connectivity index is 2.22. The highest BCUT2D eigenvalue weighted by atomic mass is 35.5. The van der Waals surface area contributed by atoms with Gasteiger partial charge in [-0.05, 0) is 36.4 Å². The maximum Gasteiger partial charge on any atom is 0.337 e. The predicted octanol–water partition coefficient (Wildman–Crippen LogP) is 4.92. The second-order valence-corrected chi connectivity index (χ2v) is 5.16. The third-order valence-corrected chi connectivity index (χ3v) is 3.65. The van der Waals surface area contributed by atoms with E-state index in [2.05, 4.69) is 0 Å². The maximum atomic E-state index is 11.0. The quantitative estimate of drug-likeness (QED) is 0.864. The van der Waals surface area contributed by atoms with Crippen molar-refractivity contribution < 1.29 is 14.6 Å². The molecule has 6 heteroatoms. The van der Waals surface area contributed by atoms with Crippen LogP contribution in [0.15, 0.2) is 36.4 Å². The predicted molar refractivity (Wildman–Crippen MR) is 79.2 cm³/mol. The van der Waals surface area contributed by atoms with Crippen LogP contribution in [0.2, 0.25) is 15.1 Å². The number of hydrogen-bond donors (Lipinski definition) is 1. The molecule has 2 aromatic rings. The van der Waals surface area contributed by atoms with Crippen LogP contribution in [0.1, 0.15) is 15.9 Å². The van der Waals surface area contributed by atoms with Gasteiger partial charge in [-0.3, -0.25) is 0 Å². The van der Waals surface area contributed by atoms with E-state index < -0.39 is 5.97 Å². The summed E-state index contributed by atoms with van der Waals surface area (Å²) < 4.78 is 5.52. The summed E-state index contributed by atoms with van der Waals surface area (Å²) in [6.45, 7) is 0.0699. The van der Waals surface area contributed by atoms with Crippen LogP contribution in [-0.2, 0) is 6.61 Å². The smallest absolute Gasteiger partial charge is 0.337 e. The van der Waals surface area contributed by atoms with Crippen molar-refractivity contribution in [3.63, 3.8) is 0 Å². The molecule has 0 atom stereocenters. The summed E-state index contributed by atoms with van der Waals surface area (Å²) in [5.41, 5.74) is 0.425. The molecule has 0 fully saturated rings. The molecule has 20 heavy (non-hydrogen) atoms. The van der Waals surface area contributed by atoms with E-state index in [1.54, 1.807) is 24.3 Å². The molecule has 0 aliphatic rings. The van der Waals surface area contributed by atoms with Crippen molar-refractivity contribution in [2.24, 2.45) is 0 Å². The van der Waals surface area contributed by atoms with Crippen molar-refractivity contribution in [3.05, 3.63) is 62.6 Å². The number of halogens is 3. The first-order valence-corrected chi connectivity index (χ1v) is 6.71. The van der Waals surface area contributed by atoms with Crippen molar-refractivity contribution >= 4 is 40.8 Å². The topological polar surface area (TPSA) is 46.5 Å². The van der Waals surface area contributed by atoms with Crippen LogP contribution in [0.3, 0.4) is 0 Å².